The first-order valence-corrected chi connectivity index (χ1v) is 25.6. The second-order valence-electron chi connectivity index (χ2n) is 15.3. The summed E-state index contributed by atoms with van der Waals surface area (Å²) in [6, 6.07) is 0. The lowest BCUT2D eigenvalue weighted by Gasteiger charge is -2.11. The maximum atomic E-state index is 10.4. The van der Waals surface area contributed by atoms with Crippen LogP contribution in [0.25, 0.3) is 0 Å². The van der Waals surface area contributed by atoms with Crippen molar-refractivity contribution in [3.05, 3.63) is 12.2 Å². The van der Waals surface area contributed by atoms with E-state index in [0.717, 1.165) is 97.1 Å². The molecule has 9 rings (SSSR count). The number of carbonyl (C=O) groups is 4. The molecule has 0 aromatic rings. The average molecular weight is 942 g/mol. The highest BCUT2D eigenvalue weighted by atomic mass is 32.2. The summed E-state index contributed by atoms with van der Waals surface area (Å²) in [7, 11) is -5.34. The zero-order chi connectivity index (χ0) is 43.3. The van der Waals surface area contributed by atoms with Crippen LogP contribution >= 0.6 is 0 Å². The van der Waals surface area contributed by atoms with Gasteiger partial charge in [-0.15, -0.1) is 0 Å². The number of sulfonamides is 1. The van der Waals surface area contributed by atoms with Gasteiger partial charge in [-0.1, -0.05) is 54.7 Å². The van der Waals surface area contributed by atoms with Crippen LogP contribution in [-0.4, -0.2) is 143 Å². The van der Waals surface area contributed by atoms with Crippen molar-refractivity contribution in [1.29, 1.82) is 0 Å². The lowest BCUT2D eigenvalue weighted by molar-refractivity contribution is -0.121. The van der Waals surface area contributed by atoms with E-state index in [0.29, 0.717) is 30.3 Å². The Bertz CT molecular complexity index is 1190. The van der Waals surface area contributed by atoms with Crippen LogP contribution in [0.1, 0.15) is 145 Å². The maximum absolute atomic E-state index is 10.4. The molecule has 0 unspecified atom stereocenters. The topological polar surface area (TPSA) is 245 Å². The molecule has 0 aromatic carbocycles. The van der Waals surface area contributed by atoms with Crippen LogP contribution in [0.5, 0.6) is 0 Å². The van der Waals surface area contributed by atoms with Gasteiger partial charge in [0, 0.05) is 58.5 Å². The number of hydrogen-bond donors (Lipinski definition) is 9. The Morgan fingerprint density at radius 3 is 0.968 bits per heavy atom. The standard InChI is InChI=1S/C7H13N.2C5H11N.C4H8N2O.3C4H7NO.C4H8O2S.C3H7NO2S.4CH4/c1-7-3-2-5-8-6-4-7;2*1-2-4-6-5-3-1;7-4-3-5-1-2-6-4;3*6-4-2-1-3-5-4;2*5-7(6)3-1-2-4-7;;;;/h8H,1-6H2;2*6H,1-5H2;5H,1-3H2,(H,6,7);3*1-3H2,(H,5,6);1-4H2;4H,1-3H2;4*1H4. The van der Waals surface area contributed by atoms with Crippen molar-refractivity contribution in [2.75, 3.05) is 102 Å². The van der Waals surface area contributed by atoms with Gasteiger partial charge in [-0.2, -0.15) is 0 Å². The molecule has 376 valence electrons. The summed E-state index contributed by atoms with van der Waals surface area (Å²) in [5, 5.41) is 23.5. The number of amides is 4. The van der Waals surface area contributed by atoms with E-state index in [9.17, 15) is 36.0 Å². The minimum Gasteiger partial charge on any atom is -0.356 e. The summed E-state index contributed by atoms with van der Waals surface area (Å²) >= 11 is 0. The van der Waals surface area contributed by atoms with Crippen LogP contribution < -0.4 is 47.3 Å². The molecule has 0 aromatic heterocycles. The SMILES string of the molecule is C.C.C.C.C1CCNCC1.C1CCNCC1.C=C1CCCNCC1.O=C1CCCN1.O=C1CCCN1.O=C1CCCN1.O=C1CNCCN1.O=S1(=O)CCCC1.O=S1(=O)CCCN1. The third kappa shape index (κ3) is 45.7. The predicted octanol–water partition coefficient (Wildman–Crippen LogP) is 3.28. The van der Waals surface area contributed by atoms with Crippen molar-refractivity contribution in [2.24, 2.45) is 0 Å². The van der Waals surface area contributed by atoms with Crippen LogP contribution in [0.2, 0.25) is 0 Å². The van der Waals surface area contributed by atoms with Crippen molar-refractivity contribution in [1.82, 2.24) is 47.3 Å². The molecule has 9 fully saturated rings. The molecule has 4 amide bonds. The smallest absolute Gasteiger partial charge is 0.234 e. The summed E-state index contributed by atoms with van der Waals surface area (Å²) in [5.74, 6) is 1.87. The lowest BCUT2D eigenvalue weighted by atomic mass is 10.1. The quantitative estimate of drug-likeness (QED) is 0.159. The molecule has 0 atom stereocenters. The molecule has 0 radical (unpaired) electrons. The molecule has 63 heavy (non-hydrogen) atoms. The largest absolute Gasteiger partial charge is 0.356 e. The fourth-order valence-corrected chi connectivity index (χ4v) is 8.76. The predicted molar refractivity (Wildman–Crippen MR) is 263 cm³/mol. The van der Waals surface area contributed by atoms with Crippen LogP contribution in [-0.2, 0) is 39.0 Å². The first-order chi connectivity index (χ1) is 28.4. The van der Waals surface area contributed by atoms with Gasteiger partial charge in [0.15, 0.2) is 0 Å². The van der Waals surface area contributed by atoms with Gasteiger partial charge in [0.05, 0.1) is 23.8 Å². The number of piperidine rings is 2. The van der Waals surface area contributed by atoms with Gasteiger partial charge in [-0.25, -0.2) is 21.6 Å². The van der Waals surface area contributed by atoms with Gasteiger partial charge in [0.1, 0.15) is 9.84 Å². The Labute approximate surface area is 385 Å². The van der Waals surface area contributed by atoms with Crippen LogP contribution in [0.3, 0.4) is 0 Å². The molecule has 9 saturated heterocycles. The first-order valence-electron chi connectivity index (χ1n) is 22.1. The highest BCUT2D eigenvalue weighted by Crippen LogP contribution is 2.09. The Hall–Kier alpha value is -2.68. The molecule has 0 aliphatic carbocycles. The average Bonchev–Trinajstić information content (AvgIpc) is 4.12. The van der Waals surface area contributed by atoms with Crippen molar-refractivity contribution < 1.29 is 36.0 Å². The van der Waals surface area contributed by atoms with Crippen molar-refractivity contribution in [3.63, 3.8) is 0 Å². The highest BCUT2D eigenvalue weighted by Gasteiger charge is 2.16. The maximum Gasteiger partial charge on any atom is 0.234 e. The van der Waals surface area contributed by atoms with Gasteiger partial charge in [0.25, 0.3) is 0 Å². The van der Waals surface area contributed by atoms with E-state index in [1.54, 1.807) is 0 Å². The van der Waals surface area contributed by atoms with Crippen LogP contribution in [0.15, 0.2) is 12.2 Å². The minimum atomic E-state index is -2.80. The summed E-state index contributed by atoms with van der Waals surface area (Å²) in [6.45, 7) is 16.7. The van der Waals surface area contributed by atoms with Gasteiger partial charge >= 0.3 is 0 Å². The summed E-state index contributed by atoms with van der Waals surface area (Å²) < 4.78 is 43.9. The van der Waals surface area contributed by atoms with Crippen LogP contribution in [0, 0.1) is 0 Å². The second-order valence-corrected chi connectivity index (χ2v) is 19.5. The molecule has 9 aliphatic rings. The van der Waals surface area contributed by atoms with Crippen molar-refractivity contribution in [3.8, 4) is 0 Å². The molecule has 0 bridgehead atoms. The zero-order valence-electron chi connectivity index (χ0n) is 35.8. The Morgan fingerprint density at radius 2 is 0.762 bits per heavy atom. The fraction of sp³-hybridized carbons (Fsp3) is 0.864. The third-order valence-electron chi connectivity index (χ3n) is 9.64. The van der Waals surface area contributed by atoms with Gasteiger partial charge < -0.3 is 42.5 Å². The number of piperazine rings is 1. The highest BCUT2D eigenvalue weighted by molar-refractivity contribution is 7.91. The van der Waals surface area contributed by atoms with E-state index >= 15 is 0 Å². The number of sulfone groups is 1. The van der Waals surface area contributed by atoms with Gasteiger partial charge in [-0.05, 0) is 123 Å². The number of hydrogen-bond acceptors (Lipinski definition) is 12. The Balaban J connectivity index is -0.000000309. The Kier molecular flexibility index (Phi) is 47.3. The monoisotopic (exact) mass is 942 g/mol. The summed E-state index contributed by atoms with van der Waals surface area (Å²) in [4.78, 5) is 40.7. The molecule has 9 aliphatic heterocycles. The van der Waals surface area contributed by atoms with E-state index in [1.807, 2.05) is 0 Å². The normalized spacial score (nSPS) is 22.1. The summed E-state index contributed by atoms with van der Waals surface area (Å²) in [6.07, 6.45) is 19.9. The number of rotatable bonds is 0. The summed E-state index contributed by atoms with van der Waals surface area (Å²) in [5.41, 5.74) is 1.41. The lowest BCUT2D eigenvalue weighted by Crippen LogP contribution is -2.44. The number of carbonyl (C=O) groups excluding carboxylic acids is 4. The van der Waals surface area contributed by atoms with E-state index < -0.39 is 19.9 Å². The molecule has 9 heterocycles. The number of nitrogens with one attached hydrogen (secondary N) is 9. The van der Waals surface area contributed by atoms with Crippen LogP contribution in [0.4, 0.5) is 0 Å². The van der Waals surface area contributed by atoms with Gasteiger partial charge in [0.2, 0.25) is 33.7 Å². The van der Waals surface area contributed by atoms with Crippen molar-refractivity contribution in [2.45, 2.75) is 145 Å². The van der Waals surface area contributed by atoms with Crippen molar-refractivity contribution >= 4 is 43.5 Å². The van der Waals surface area contributed by atoms with E-state index in [1.165, 1.54) is 96.1 Å². The van der Waals surface area contributed by atoms with E-state index in [-0.39, 0.29) is 53.3 Å². The second kappa shape index (κ2) is 44.5. The molecule has 0 saturated carbocycles. The zero-order valence-corrected chi connectivity index (χ0v) is 37.5. The Morgan fingerprint density at radius 1 is 0.349 bits per heavy atom. The molecule has 0 spiro atoms. The molecular weight excluding hydrogens is 847 g/mol. The molecule has 9 N–H and O–H groups in total. The van der Waals surface area contributed by atoms with Gasteiger partial charge in [-0.3, -0.25) is 19.2 Å². The molecule has 19 heteroatoms. The molecular formula is C44H95N9O8S2. The first kappa shape index (κ1) is 66.9. The molecule has 17 nitrogen and oxygen atoms in total. The third-order valence-corrected chi connectivity index (χ3v) is 12.9. The van der Waals surface area contributed by atoms with E-state index in [4.69, 9.17) is 0 Å². The van der Waals surface area contributed by atoms with E-state index in [2.05, 4.69) is 53.8 Å². The minimum absolute atomic E-state index is 0. The fourth-order valence-electron chi connectivity index (χ4n) is 6.14.